The van der Waals surface area contributed by atoms with E-state index in [1.807, 2.05) is 0 Å². The highest BCUT2D eigenvalue weighted by atomic mass is 35.5. The predicted octanol–water partition coefficient (Wildman–Crippen LogP) is 2.19. The van der Waals surface area contributed by atoms with E-state index in [0.29, 0.717) is 16.3 Å². The van der Waals surface area contributed by atoms with Crippen LogP contribution >= 0.6 is 11.6 Å². The standard InChI is InChI=1S/C10H11ClO3/c1-6(12)5-7-8(11)3-4-9(14-2)10(7)13/h3-4,13H,5H2,1-2H3. The first kappa shape index (κ1) is 10.9. The molecule has 0 spiro atoms. The quantitative estimate of drug-likeness (QED) is 0.839. The molecule has 3 nitrogen and oxygen atoms in total. The molecule has 0 atom stereocenters. The molecule has 0 fully saturated rings. The second kappa shape index (κ2) is 4.33. The molecule has 76 valence electrons. The van der Waals surface area contributed by atoms with Gasteiger partial charge >= 0.3 is 0 Å². The highest BCUT2D eigenvalue weighted by Gasteiger charge is 2.13. The van der Waals surface area contributed by atoms with Gasteiger partial charge in [-0.3, -0.25) is 4.79 Å². The Morgan fingerprint density at radius 3 is 2.71 bits per heavy atom. The van der Waals surface area contributed by atoms with Gasteiger partial charge in [-0.1, -0.05) is 11.6 Å². The first-order chi connectivity index (χ1) is 6.56. The van der Waals surface area contributed by atoms with Crippen LogP contribution in [0.3, 0.4) is 0 Å². The Balaban J connectivity index is 3.18. The summed E-state index contributed by atoms with van der Waals surface area (Å²) in [6, 6.07) is 3.15. The molecule has 0 aliphatic rings. The maximum Gasteiger partial charge on any atom is 0.162 e. The van der Waals surface area contributed by atoms with Gasteiger partial charge in [-0.05, 0) is 19.1 Å². The maximum atomic E-state index is 10.9. The van der Waals surface area contributed by atoms with Gasteiger partial charge in [-0.2, -0.15) is 0 Å². The van der Waals surface area contributed by atoms with E-state index in [-0.39, 0.29) is 18.0 Å². The van der Waals surface area contributed by atoms with Crippen LogP contribution in [0.1, 0.15) is 12.5 Å². The number of hydrogen-bond donors (Lipinski definition) is 1. The van der Waals surface area contributed by atoms with Crippen LogP contribution < -0.4 is 4.74 Å². The molecule has 0 aliphatic heterocycles. The summed E-state index contributed by atoms with van der Waals surface area (Å²) in [6.45, 7) is 1.44. The lowest BCUT2D eigenvalue weighted by Crippen LogP contribution is -1.98. The lowest BCUT2D eigenvalue weighted by atomic mass is 10.1. The van der Waals surface area contributed by atoms with Crippen LogP contribution in [0.25, 0.3) is 0 Å². The minimum absolute atomic E-state index is 0.0598. The average Bonchev–Trinajstić information content (AvgIpc) is 2.12. The molecular formula is C10H11ClO3. The van der Waals surface area contributed by atoms with Crippen molar-refractivity contribution < 1.29 is 14.6 Å². The van der Waals surface area contributed by atoms with Crippen LogP contribution in [0.4, 0.5) is 0 Å². The highest BCUT2D eigenvalue weighted by molar-refractivity contribution is 6.31. The number of rotatable bonds is 3. The lowest BCUT2D eigenvalue weighted by Gasteiger charge is -2.09. The zero-order valence-electron chi connectivity index (χ0n) is 8.00. The number of carbonyl (C=O) groups is 1. The topological polar surface area (TPSA) is 46.5 Å². The van der Waals surface area contributed by atoms with E-state index >= 15 is 0 Å². The molecule has 4 heteroatoms. The Kier molecular flexibility index (Phi) is 3.36. The third-order valence-corrected chi connectivity index (χ3v) is 2.19. The van der Waals surface area contributed by atoms with E-state index < -0.39 is 0 Å². The first-order valence-electron chi connectivity index (χ1n) is 4.10. The fraction of sp³-hybridized carbons (Fsp3) is 0.300. The van der Waals surface area contributed by atoms with Crippen molar-refractivity contribution in [2.24, 2.45) is 0 Å². The van der Waals surface area contributed by atoms with Gasteiger partial charge < -0.3 is 9.84 Å². The fourth-order valence-electron chi connectivity index (χ4n) is 1.17. The molecule has 0 radical (unpaired) electrons. The van der Waals surface area contributed by atoms with Crippen LogP contribution in [0.5, 0.6) is 11.5 Å². The van der Waals surface area contributed by atoms with Gasteiger partial charge in [0.15, 0.2) is 11.5 Å². The molecule has 0 heterocycles. The summed E-state index contributed by atoms with van der Waals surface area (Å²) in [4.78, 5) is 10.9. The van der Waals surface area contributed by atoms with Crippen molar-refractivity contribution in [1.82, 2.24) is 0 Å². The molecule has 0 unspecified atom stereocenters. The van der Waals surface area contributed by atoms with E-state index in [1.54, 1.807) is 12.1 Å². The molecule has 0 saturated carbocycles. The summed E-state index contributed by atoms with van der Waals surface area (Å²) in [5.74, 6) is 0.205. The molecule has 1 N–H and O–H groups in total. The number of methoxy groups -OCH3 is 1. The van der Waals surface area contributed by atoms with Crippen molar-refractivity contribution in [3.8, 4) is 11.5 Å². The number of halogens is 1. The molecule has 1 aromatic carbocycles. The zero-order valence-corrected chi connectivity index (χ0v) is 8.76. The average molecular weight is 215 g/mol. The molecule has 1 aromatic rings. The Hall–Kier alpha value is -1.22. The Labute approximate surface area is 87.3 Å². The number of hydrogen-bond acceptors (Lipinski definition) is 3. The largest absolute Gasteiger partial charge is 0.504 e. The van der Waals surface area contributed by atoms with Gasteiger partial charge in [0.1, 0.15) is 5.78 Å². The summed E-state index contributed by atoms with van der Waals surface area (Å²) in [6.07, 6.45) is 0.113. The fourth-order valence-corrected chi connectivity index (χ4v) is 1.39. The Morgan fingerprint density at radius 1 is 1.57 bits per heavy atom. The first-order valence-corrected chi connectivity index (χ1v) is 4.47. The monoisotopic (exact) mass is 214 g/mol. The van der Waals surface area contributed by atoms with Gasteiger partial charge in [-0.15, -0.1) is 0 Å². The van der Waals surface area contributed by atoms with Gasteiger partial charge in [0.05, 0.1) is 7.11 Å². The summed E-state index contributed by atoms with van der Waals surface area (Å²) < 4.78 is 4.90. The van der Waals surface area contributed by atoms with Crippen LogP contribution in [-0.4, -0.2) is 18.0 Å². The van der Waals surface area contributed by atoms with Crippen molar-refractivity contribution in [1.29, 1.82) is 0 Å². The van der Waals surface area contributed by atoms with Crippen LogP contribution in [-0.2, 0) is 11.2 Å². The van der Waals surface area contributed by atoms with Crippen LogP contribution in [0.2, 0.25) is 5.02 Å². The SMILES string of the molecule is COc1ccc(Cl)c(CC(C)=O)c1O. The molecule has 0 amide bonds. The summed E-state index contributed by atoms with van der Waals surface area (Å²) in [5, 5.41) is 10.0. The lowest BCUT2D eigenvalue weighted by molar-refractivity contribution is -0.116. The third-order valence-electron chi connectivity index (χ3n) is 1.83. The molecule has 1 rings (SSSR count). The molecule has 0 aromatic heterocycles. The number of aromatic hydroxyl groups is 1. The number of carbonyl (C=O) groups excluding carboxylic acids is 1. The predicted molar refractivity (Wildman–Crippen MR) is 54.1 cm³/mol. The number of Topliss-reactive ketones (excluding diaryl/α,β-unsaturated/α-hetero) is 1. The van der Waals surface area contributed by atoms with Gasteiger partial charge in [0.25, 0.3) is 0 Å². The Bertz CT molecular complexity index is 361. The normalized spacial score (nSPS) is 9.93. The van der Waals surface area contributed by atoms with Gasteiger partial charge in [0.2, 0.25) is 0 Å². The van der Waals surface area contributed by atoms with Crippen molar-refractivity contribution >= 4 is 17.4 Å². The molecule has 0 bridgehead atoms. The summed E-state index contributed by atoms with van der Waals surface area (Å²) in [5.41, 5.74) is 0.415. The summed E-state index contributed by atoms with van der Waals surface area (Å²) >= 11 is 5.83. The number of ether oxygens (including phenoxy) is 1. The second-order valence-corrected chi connectivity index (χ2v) is 3.36. The smallest absolute Gasteiger partial charge is 0.162 e. The molecule has 0 aliphatic carbocycles. The van der Waals surface area contributed by atoms with E-state index in [1.165, 1.54) is 14.0 Å². The maximum absolute atomic E-state index is 10.9. The van der Waals surface area contributed by atoms with Crippen molar-refractivity contribution in [2.45, 2.75) is 13.3 Å². The van der Waals surface area contributed by atoms with E-state index in [9.17, 15) is 9.90 Å². The molecule has 14 heavy (non-hydrogen) atoms. The number of phenols is 1. The number of phenolic OH excluding ortho intramolecular Hbond substituents is 1. The Morgan fingerprint density at radius 2 is 2.21 bits per heavy atom. The van der Waals surface area contributed by atoms with Crippen molar-refractivity contribution in [2.75, 3.05) is 7.11 Å². The number of benzene rings is 1. The highest BCUT2D eigenvalue weighted by Crippen LogP contribution is 2.35. The molecular weight excluding hydrogens is 204 g/mol. The number of ketones is 1. The second-order valence-electron chi connectivity index (χ2n) is 2.96. The minimum Gasteiger partial charge on any atom is -0.504 e. The van der Waals surface area contributed by atoms with Crippen molar-refractivity contribution in [3.63, 3.8) is 0 Å². The van der Waals surface area contributed by atoms with Gasteiger partial charge in [0, 0.05) is 17.0 Å². The van der Waals surface area contributed by atoms with E-state index in [0.717, 1.165) is 0 Å². The van der Waals surface area contributed by atoms with E-state index in [2.05, 4.69) is 0 Å². The van der Waals surface area contributed by atoms with Crippen LogP contribution in [0.15, 0.2) is 12.1 Å². The minimum atomic E-state index is -0.0600. The van der Waals surface area contributed by atoms with Crippen molar-refractivity contribution in [3.05, 3.63) is 22.7 Å². The molecule has 0 saturated heterocycles. The zero-order chi connectivity index (χ0) is 10.7. The van der Waals surface area contributed by atoms with E-state index in [4.69, 9.17) is 16.3 Å². The third kappa shape index (κ3) is 2.17. The summed E-state index contributed by atoms with van der Waals surface area (Å²) in [7, 11) is 1.44. The van der Waals surface area contributed by atoms with Crippen LogP contribution in [0, 0.1) is 0 Å². The van der Waals surface area contributed by atoms with Gasteiger partial charge in [-0.25, -0.2) is 0 Å².